The maximum absolute atomic E-state index is 10.8. The van der Waals surface area contributed by atoms with Crippen LogP contribution in [0.5, 0.6) is 0 Å². The Morgan fingerprint density at radius 1 is 1.50 bits per heavy atom. The predicted octanol–water partition coefficient (Wildman–Crippen LogP) is -0.773. The van der Waals surface area contributed by atoms with Gasteiger partial charge in [0, 0.05) is 32.5 Å². The largest absolute Gasteiger partial charge is 0.468 e. The summed E-state index contributed by atoms with van der Waals surface area (Å²) in [7, 11) is 1.37. The van der Waals surface area contributed by atoms with Crippen LogP contribution in [0.25, 0.3) is 0 Å². The molecule has 1 saturated heterocycles. The summed E-state index contributed by atoms with van der Waals surface area (Å²) in [4.78, 5) is 23.3. The summed E-state index contributed by atoms with van der Waals surface area (Å²) >= 11 is 0. The van der Waals surface area contributed by atoms with E-state index >= 15 is 0 Å². The molecule has 1 rings (SSSR count). The molecule has 1 aliphatic rings. The minimum atomic E-state index is -0.257. The van der Waals surface area contributed by atoms with Crippen LogP contribution < -0.4 is 5.32 Å². The summed E-state index contributed by atoms with van der Waals surface area (Å²) in [6.07, 6.45) is 0. The number of nitrogens with one attached hydrogen (secondary N) is 1. The Hall–Kier alpha value is -1.10. The molecule has 0 aromatic rings. The maximum atomic E-state index is 10.8. The topological polar surface area (TPSA) is 58.6 Å². The average Bonchev–Trinajstić information content (AvgIpc) is 2.07. The first-order valence-corrected chi connectivity index (χ1v) is 4.66. The third-order valence-electron chi connectivity index (χ3n) is 2.33. The molecular formula is C9H16N2O3. The highest BCUT2D eigenvalue weighted by atomic mass is 16.5. The Morgan fingerprint density at radius 2 is 2.14 bits per heavy atom. The second-order valence-electron chi connectivity index (χ2n) is 3.50. The molecule has 0 aliphatic carbocycles. The van der Waals surface area contributed by atoms with Crippen LogP contribution in [0.4, 0.5) is 0 Å². The molecule has 0 atom stereocenters. The van der Waals surface area contributed by atoms with Gasteiger partial charge in [0.05, 0.1) is 13.7 Å². The number of hydrogen-bond acceptors (Lipinski definition) is 4. The van der Waals surface area contributed by atoms with Crippen LogP contribution in [-0.2, 0) is 14.3 Å². The zero-order valence-electron chi connectivity index (χ0n) is 8.58. The van der Waals surface area contributed by atoms with E-state index in [1.54, 1.807) is 11.8 Å². The van der Waals surface area contributed by atoms with Gasteiger partial charge < -0.3 is 15.0 Å². The number of carbonyl (C=O) groups excluding carboxylic acids is 2. The van der Waals surface area contributed by atoms with Crippen molar-refractivity contribution in [3.05, 3.63) is 0 Å². The van der Waals surface area contributed by atoms with Crippen LogP contribution in [0.1, 0.15) is 6.92 Å². The Kier molecular flexibility index (Phi) is 3.88. The lowest BCUT2D eigenvalue weighted by atomic mass is 10.0. The summed E-state index contributed by atoms with van der Waals surface area (Å²) < 4.78 is 4.48. The molecule has 0 bridgehead atoms. The maximum Gasteiger partial charge on any atom is 0.319 e. The van der Waals surface area contributed by atoms with Crippen LogP contribution in [0, 0.1) is 5.92 Å². The van der Waals surface area contributed by atoms with E-state index in [2.05, 4.69) is 10.1 Å². The molecule has 1 heterocycles. The number of hydrogen-bond donors (Lipinski definition) is 1. The van der Waals surface area contributed by atoms with Crippen molar-refractivity contribution < 1.29 is 14.3 Å². The third kappa shape index (κ3) is 2.99. The molecule has 0 spiro atoms. The average molecular weight is 200 g/mol. The van der Waals surface area contributed by atoms with Gasteiger partial charge in [0.15, 0.2) is 0 Å². The number of ether oxygens (including phenoxy) is 1. The van der Waals surface area contributed by atoms with Gasteiger partial charge in [0.1, 0.15) is 0 Å². The number of methoxy groups -OCH3 is 1. The molecule has 5 heteroatoms. The number of esters is 1. The molecular weight excluding hydrogens is 184 g/mol. The monoisotopic (exact) mass is 200 g/mol. The van der Waals surface area contributed by atoms with E-state index in [0.717, 1.165) is 19.6 Å². The van der Waals surface area contributed by atoms with Gasteiger partial charge in [-0.3, -0.25) is 9.59 Å². The highest BCUT2D eigenvalue weighted by Gasteiger charge is 2.27. The van der Waals surface area contributed by atoms with E-state index in [1.165, 1.54) is 7.11 Å². The Bertz CT molecular complexity index is 224. The molecule has 0 aromatic heterocycles. The molecule has 0 radical (unpaired) electrons. The summed E-state index contributed by atoms with van der Waals surface area (Å²) in [5, 5.41) is 2.98. The molecule has 1 aliphatic heterocycles. The van der Waals surface area contributed by atoms with Crippen molar-refractivity contribution in [2.75, 3.05) is 33.3 Å². The minimum absolute atomic E-state index is 0.120. The van der Waals surface area contributed by atoms with Crippen molar-refractivity contribution in [3.8, 4) is 0 Å². The SMILES string of the molecule is COC(=O)CNCC1CN(C(C)=O)C1. The first-order chi connectivity index (χ1) is 6.63. The summed E-state index contributed by atoms with van der Waals surface area (Å²) in [6.45, 7) is 4.16. The number of nitrogens with zero attached hydrogens (tertiary/aromatic N) is 1. The molecule has 5 nitrogen and oxygen atoms in total. The number of amides is 1. The molecule has 1 fully saturated rings. The lowest BCUT2D eigenvalue weighted by molar-refractivity contribution is -0.140. The standard InChI is InChI=1S/C9H16N2O3/c1-7(12)11-5-8(6-11)3-10-4-9(13)14-2/h8,10H,3-6H2,1-2H3. The molecule has 1 amide bonds. The van der Waals surface area contributed by atoms with Gasteiger partial charge in [-0.25, -0.2) is 0 Å². The van der Waals surface area contributed by atoms with Gasteiger partial charge in [-0.1, -0.05) is 0 Å². The van der Waals surface area contributed by atoms with Crippen molar-refractivity contribution in [1.82, 2.24) is 10.2 Å². The van der Waals surface area contributed by atoms with Gasteiger partial charge in [-0.05, 0) is 0 Å². The van der Waals surface area contributed by atoms with Crippen LogP contribution in [0.2, 0.25) is 0 Å². The Balaban J connectivity index is 2.01. The van der Waals surface area contributed by atoms with Crippen molar-refractivity contribution >= 4 is 11.9 Å². The molecule has 14 heavy (non-hydrogen) atoms. The fourth-order valence-electron chi connectivity index (χ4n) is 1.41. The van der Waals surface area contributed by atoms with Crippen LogP contribution in [0.15, 0.2) is 0 Å². The molecule has 0 aromatic carbocycles. The number of carbonyl (C=O) groups is 2. The fourth-order valence-corrected chi connectivity index (χ4v) is 1.41. The van der Waals surface area contributed by atoms with E-state index in [9.17, 15) is 9.59 Å². The smallest absolute Gasteiger partial charge is 0.319 e. The molecule has 0 unspecified atom stereocenters. The second-order valence-corrected chi connectivity index (χ2v) is 3.50. The Labute approximate surface area is 83.4 Å². The van der Waals surface area contributed by atoms with Gasteiger partial charge in [-0.15, -0.1) is 0 Å². The predicted molar refractivity (Wildman–Crippen MR) is 50.6 cm³/mol. The number of rotatable bonds is 4. The lowest BCUT2D eigenvalue weighted by Crippen LogP contribution is -2.52. The summed E-state index contributed by atoms with van der Waals surface area (Å²) in [5.74, 6) is 0.338. The van der Waals surface area contributed by atoms with E-state index < -0.39 is 0 Å². The minimum Gasteiger partial charge on any atom is -0.468 e. The quantitative estimate of drug-likeness (QED) is 0.605. The normalized spacial score (nSPS) is 16.3. The van der Waals surface area contributed by atoms with Crippen LogP contribution >= 0.6 is 0 Å². The van der Waals surface area contributed by atoms with E-state index in [0.29, 0.717) is 5.92 Å². The second kappa shape index (κ2) is 4.95. The first kappa shape index (κ1) is 11.0. The van der Waals surface area contributed by atoms with Crippen molar-refractivity contribution in [2.24, 2.45) is 5.92 Å². The Morgan fingerprint density at radius 3 is 2.64 bits per heavy atom. The van der Waals surface area contributed by atoms with Gasteiger partial charge >= 0.3 is 5.97 Å². The van der Waals surface area contributed by atoms with Gasteiger partial charge in [0.25, 0.3) is 0 Å². The van der Waals surface area contributed by atoms with Crippen molar-refractivity contribution in [3.63, 3.8) is 0 Å². The zero-order valence-corrected chi connectivity index (χ0v) is 8.58. The fraction of sp³-hybridized carbons (Fsp3) is 0.778. The first-order valence-electron chi connectivity index (χ1n) is 4.66. The highest BCUT2D eigenvalue weighted by molar-refractivity contribution is 5.74. The van der Waals surface area contributed by atoms with Crippen molar-refractivity contribution in [2.45, 2.75) is 6.92 Å². The van der Waals surface area contributed by atoms with E-state index in [4.69, 9.17) is 0 Å². The van der Waals surface area contributed by atoms with E-state index in [-0.39, 0.29) is 18.4 Å². The zero-order chi connectivity index (χ0) is 10.6. The van der Waals surface area contributed by atoms with E-state index in [1.807, 2.05) is 0 Å². The molecule has 1 N–H and O–H groups in total. The van der Waals surface area contributed by atoms with Crippen molar-refractivity contribution in [1.29, 1.82) is 0 Å². The van der Waals surface area contributed by atoms with Crippen LogP contribution in [-0.4, -0.2) is 50.1 Å². The van der Waals surface area contributed by atoms with Crippen LogP contribution in [0.3, 0.4) is 0 Å². The summed E-state index contributed by atoms with van der Waals surface area (Å²) in [5.41, 5.74) is 0. The van der Waals surface area contributed by atoms with Gasteiger partial charge in [0.2, 0.25) is 5.91 Å². The number of likely N-dealkylation sites (tertiary alicyclic amines) is 1. The lowest BCUT2D eigenvalue weighted by Gasteiger charge is -2.38. The highest BCUT2D eigenvalue weighted by Crippen LogP contribution is 2.13. The summed E-state index contributed by atoms with van der Waals surface area (Å²) in [6, 6.07) is 0. The third-order valence-corrected chi connectivity index (χ3v) is 2.33. The molecule has 0 saturated carbocycles. The molecule has 80 valence electrons. The van der Waals surface area contributed by atoms with Gasteiger partial charge in [-0.2, -0.15) is 0 Å².